The van der Waals surface area contributed by atoms with Crippen LogP contribution in [0.25, 0.3) is 0 Å². The number of nitrogens with zero attached hydrogens (tertiary/aromatic N) is 2. The molecule has 0 aliphatic heterocycles. The Morgan fingerprint density at radius 2 is 2.12 bits per heavy atom. The number of carbonyl (C=O) groups is 1. The minimum absolute atomic E-state index is 0.0343. The van der Waals surface area contributed by atoms with E-state index in [1.165, 1.54) is 21.1 Å². The van der Waals surface area contributed by atoms with Crippen molar-refractivity contribution in [2.75, 3.05) is 14.2 Å². The molecule has 0 atom stereocenters. The van der Waals surface area contributed by atoms with Crippen molar-refractivity contribution in [1.29, 1.82) is 0 Å². The van der Waals surface area contributed by atoms with E-state index in [1.54, 1.807) is 0 Å². The second kappa shape index (κ2) is 4.88. The average Bonchev–Trinajstić information content (AvgIpc) is 2.30. The minimum Gasteiger partial charge on any atom is -0.274 e. The number of aryl methyl sites for hydroxylation is 1. The third-order valence-corrected chi connectivity index (χ3v) is 2.24. The molecule has 1 amide bonds. The summed E-state index contributed by atoms with van der Waals surface area (Å²) in [4.78, 5) is 26.2. The summed E-state index contributed by atoms with van der Waals surface area (Å²) in [7, 11) is 2.52. The van der Waals surface area contributed by atoms with E-state index in [2.05, 4.69) is 4.84 Å². The molecule has 1 aromatic carbocycles. The molecular weight excluding hydrogens is 231 g/mol. The lowest BCUT2D eigenvalue weighted by atomic mass is 10.1. The first-order valence-electron chi connectivity index (χ1n) is 4.65. The van der Waals surface area contributed by atoms with E-state index in [0.29, 0.717) is 0 Å². The molecule has 0 radical (unpaired) electrons. The Morgan fingerprint density at radius 3 is 2.59 bits per heavy atom. The number of hydrogen-bond donors (Lipinski definition) is 0. The van der Waals surface area contributed by atoms with Crippen LogP contribution in [0.1, 0.15) is 15.9 Å². The Kier molecular flexibility index (Phi) is 3.74. The first-order chi connectivity index (χ1) is 7.88. The third-order valence-electron chi connectivity index (χ3n) is 2.24. The maximum absolute atomic E-state index is 13.7. The van der Waals surface area contributed by atoms with E-state index in [4.69, 9.17) is 0 Å². The van der Waals surface area contributed by atoms with Gasteiger partial charge >= 0.3 is 0 Å². The van der Waals surface area contributed by atoms with Crippen molar-refractivity contribution in [3.63, 3.8) is 0 Å². The van der Waals surface area contributed by atoms with E-state index in [-0.39, 0.29) is 16.8 Å². The lowest BCUT2D eigenvalue weighted by Gasteiger charge is -2.14. The van der Waals surface area contributed by atoms with E-state index in [1.807, 2.05) is 0 Å². The summed E-state index contributed by atoms with van der Waals surface area (Å²) in [6.45, 7) is 1.35. The van der Waals surface area contributed by atoms with Gasteiger partial charge in [0, 0.05) is 19.2 Å². The normalized spacial score (nSPS) is 10.1. The summed E-state index contributed by atoms with van der Waals surface area (Å²) in [6.07, 6.45) is 0. The third kappa shape index (κ3) is 2.56. The van der Waals surface area contributed by atoms with Crippen molar-refractivity contribution in [3.8, 4) is 0 Å². The molecule has 0 saturated carbocycles. The molecule has 6 nitrogen and oxygen atoms in total. The molecule has 0 fully saturated rings. The van der Waals surface area contributed by atoms with Crippen molar-refractivity contribution in [2.45, 2.75) is 6.92 Å². The molecule has 7 heteroatoms. The summed E-state index contributed by atoms with van der Waals surface area (Å²) < 4.78 is 13.7. The van der Waals surface area contributed by atoms with Crippen molar-refractivity contribution < 1.29 is 18.9 Å². The van der Waals surface area contributed by atoms with Crippen molar-refractivity contribution in [1.82, 2.24) is 5.06 Å². The van der Waals surface area contributed by atoms with Crippen LogP contribution in [-0.2, 0) is 4.84 Å². The summed E-state index contributed by atoms with van der Waals surface area (Å²) in [5.41, 5.74) is -0.690. The first kappa shape index (κ1) is 13.0. The first-order valence-corrected chi connectivity index (χ1v) is 4.65. The highest BCUT2D eigenvalue weighted by molar-refractivity contribution is 5.94. The fourth-order valence-corrected chi connectivity index (χ4v) is 1.26. The highest BCUT2D eigenvalue weighted by Gasteiger charge is 2.22. The number of rotatable bonds is 3. The lowest BCUT2D eigenvalue weighted by Crippen LogP contribution is -2.26. The lowest BCUT2D eigenvalue weighted by molar-refractivity contribution is -0.385. The summed E-state index contributed by atoms with van der Waals surface area (Å²) in [6, 6.07) is 1.96. The van der Waals surface area contributed by atoms with Crippen LogP contribution >= 0.6 is 0 Å². The molecule has 92 valence electrons. The highest BCUT2D eigenvalue weighted by atomic mass is 19.1. The van der Waals surface area contributed by atoms with Gasteiger partial charge in [-0.2, -0.15) is 0 Å². The van der Waals surface area contributed by atoms with Gasteiger partial charge in [0.05, 0.1) is 17.6 Å². The average molecular weight is 242 g/mol. The van der Waals surface area contributed by atoms with Gasteiger partial charge in [-0.1, -0.05) is 0 Å². The topological polar surface area (TPSA) is 72.7 Å². The molecule has 0 aliphatic rings. The van der Waals surface area contributed by atoms with Crippen LogP contribution in [0.15, 0.2) is 12.1 Å². The standard InChI is InChI=1S/C10H11FN2O4/c1-6-4-7(13(15)16)5-8(9(6)11)10(14)12(2)17-3/h4-5H,1-3H3. The Labute approximate surface area is 96.7 Å². The Bertz CT molecular complexity index is 476. The van der Waals surface area contributed by atoms with E-state index in [0.717, 1.165) is 17.2 Å². The fourth-order valence-electron chi connectivity index (χ4n) is 1.26. The van der Waals surface area contributed by atoms with E-state index >= 15 is 0 Å². The summed E-state index contributed by atoms with van der Waals surface area (Å²) in [5, 5.41) is 11.4. The van der Waals surface area contributed by atoms with Crippen molar-refractivity contribution in [2.24, 2.45) is 0 Å². The summed E-state index contributed by atoms with van der Waals surface area (Å²) in [5.74, 6) is -1.57. The second-order valence-corrected chi connectivity index (χ2v) is 3.37. The number of amides is 1. The molecule has 0 saturated heterocycles. The largest absolute Gasteiger partial charge is 0.280 e. The van der Waals surface area contributed by atoms with Gasteiger partial charge < -0.3 is 0 Å². The quantitative estimate of drug-likeness (QED) is 0.597. The number of hydrogen-bond acceptors (Lipinski definition) is 4. The van der Waals surface area contributed by atoms with Gasteiger partial charge in [0.2, 0.25) is 0 Å². The van der Waals surface area contributed by atoms with E-state index < -0.39 is 16.6 Å². The molecule has 0 aromatic heterocycles. The zero-order valence-electron chi connectivity index (χ0n) is 9.56. The number of nitro groups is 1. The van der Waals surface area contributed by atoms with Crippen LogP contribution < -0.4 is 0 Å². The smallest absolute Gasteiger partial charge is 0.274 e. The van der Waals surface area contributed by atoms with Crippen molar-refractivity contribution in [3.05, 3.63) is 39.2 Å². The molecule has 0 bridgehead atoms. The molecule has 0 heterocycles. The molecule has 0 aliphatic carbocycles. The van der Waals surface area contributed by atoms with Crippen LogP contribution in [-0.4, -0.2) is 30.1 Å². The van der Waals surface area contributed by atoms with Gasteiger partial charge in [-0.05, 0) is 12.5 Å². The van der Waals surface area contributed by atoms with E-state index in [9.17, 15) is 19.3 Å². The Balaban J connectivity index is 3.32. The maximum Gasteiger partial charge on any atom is 0.280 e. The molecule has 0 spiro atoms. The monoisotopic (exact) mass is 242 g/mol. The highest BCUT2D eigenvalue weighted by Crippen LogP contribution is 2.22. The van der Waals surface area contributed by atoms with Gasteiger partial charge in [-0.3, -0.25) is 19.7 Å². The Morgan fingerprint density at radius 1 is 1.53 bits per heavy atom. The fraction of sp³-hybridized carbons (Fsp3) is 0.300. The molecule has 1 rings (SSSR count). The second-order valence-electron chi connectivity index (χ2n) is 3.37. The number of hydroxylamine groups is 2. The predicted octanol–water partition coefficient (Wildman–Crippen LogP) is 1.68. The number of nitro benzene ring substituents is 1. The van der Waals surface area contributed by atoms with Gasteiger partial charge in [-0.25, -0.2) is 9.45 Å². The predicted molar refractivity (Wildman–Crippen MR) is 56.9 cm³/mol. The number of carbonyl (C=O) groups excluding carboxylic acids is 1. The zero-order valence-corrected chi connectivity index (χ0v) is 9.56. The zero-order chi connectivity index (χ0) is 13.2. The number of non-ortho nitro benzene ring substituents is 1. The molecule has 0 N–H and O–H groups in total. The van der Waals surface area contributed by atoms with Crippen LogP contribution in [0.2, 0.25) is 0 Å². The van der Waals surface area contributed by atoms with Gasteiger partial charge in [-0.15, -0.1) is 0 Å². The number of benzene rings is 1. The van der Waals surface area contributed by atoms with Gasteiger partial charge in [0.25, 0.3) is 11.6 Å². The maximum atomic E-state index is 13.7. The van der Waals surface area contributed by atoms with Gasteiger partial charge in [0.15, 0.2) is 0 Å². The van der Waals surface area contributed by atoms with Crippen molar-refractivity contribution >= 4 is 11.6 Å². The summed E-state index contributed by atoms with van der Waals surface area (Å²) >= 11 is 0. The molecule has 0 unspecified atom stereocenters. The van der Waals surface area contributed by atoms with Crippen LogP contribution in [0, 0.1) is 22.9 Å². The van der Waals surface area contributed by atoms with Crippen LogP contribution in [0.3, 0.4) is 0 Å². The molecular formula is C10H11FN2O4. The van der Waals surface area contributed by atoms with Crippen LogP contribution in [0.4, 0.5) is 10.1 Å². The minimum atomic E-state index is -0.787. The number of halogens is 1. The van der Waals surface area contributed by atoms with Gasteiger partial charge in [0.1, 0.15) is 5.82 Å². The van der Waals surface area contributed by atoms with Crippen LogP contribution in [0.5, 0.6) is 0 Å². The molecule has 1 aromatic rings. The Hall–Kier alpha value is -2.02. The molecule has 17 heavy (non-hydrogen) atoms. The SMILES string of the molecule is CON(C)C(=O)c1cc([N+](=O)[O-])cc(C)c1F.